The van der Waals surface area contributed by atoms with Gasteiger partial charge in [0, 0.05) is 17.2 Å². The lowest BCUT2D eigenvalue weighted by Crippen LogP contribution is -2.14. The molecule has 0 saturated carbocycles. The second kappa shape index (κ2) is 6.97. The summed E-state index contributed by atoms with van der Waals surface area (Å²) < 4.78 is 10.2. The van der Waals surface area contributed by atoms with Gasteiger partial charge in [-0.25, -0.2) is 0 Å². The number of halogens is 1. The minimum Gasteiger partial charge on any atom is -0.497 e. The molecule has 0 atom stereocenters. The quantitative estimate of drug-likeness (QED) is 0.666. The smallest absolute Gasteiger partial charge is 0.283 e. The van der Waals surface area contributed by atoms with Crippen molar-refractivity contribution in [3.8, 4) is 11.5 Å². The molecule has 120 valence electrons. The standard InChI is InChI=1S/C15H13ClN2O5/c1-22-10-4-6-12(14(8-10)23-2)17-15(19)11-5-3-9(16)7-13(11)18(20)21/h3-8H,1-2H3,(H,17,19). The van der Waals surface area contributed by atoms with Crippen molar-refractivity contribution in [3.63, 3.8) is 0 Å². The molecule has 2 aromatic rings. The maximum Gasteiger partial charge on any atom is 0.283 e. The van der Waals surface area contributed by atoms with Gasteiger partial charge in [-0.15, -0.1) is 0 Å². The van der Waals surface area contributed by atoms with Crippen LogP contribution < -0.4 is 14.8 Å². The zero-order valence-electron chi connectivity index (χ0n) is 12.3. The molecule has 2 rings (SSSR count). The summed E-state index contributed by atoms with van der Waals surface area (Å²) >= 11 is 5.74. The monoisotopic (exact) mass is 336 g/mol. The minimum atomic E-state index is -0.661. The van der Waals surface area contributed by atoms with Crippen molar-refractivity contribution in [1.82, 2.24) is 0 Å². The summed E-state index contributed by atoms with van der Waals surface area (Å²) in [6, 6.07) is 8.64. The number of rotatable bonds is 5. The number of methoxy groups -OCH3 is 2. The summed E-state index contributed by atoms with van der Waals surface area (Å²) in [6.07, 6.45) is 0. The van der Waals surface area contributed by atoms with Crippen LogP contribution in [0.1, 0.15) is 10.4 Å². The first-order chi connectivity index (χ1) is 11.0. The average molecular weight is 337 g/mol. The number of anilines is 1. The van der Waals surface area contributed by atoms with Gasteiger partial charge in [-0.2, -0.15) is 0 Å². The molecule has 1 N–H and O–H groups in total. The van der Waals surface area contributed by atoms with Crippen LogP contribution in [0.2, 0.25) is 5.02 Å². The number of nitrogens with zero attached hydrogens (tertiary/aromatic N) is 1. The Morgan fingerprint density at radius 2 is 1.91 bits per heavy atom. The Balaban J connectivity index is 2.35. The first kappa shape index (κ1) is 16.6. The molecular formula is C15H13ClN2O5. The lowest BCUT2D eigenvalue weighted by atomic mass is 10.1. The van der Waals surface area contributed by atoms with Crippen molar-refractivity contribution in [2.24, 2.45) is 0 Å². The molecule has 8 heteroatoms. The van der Waals surface area contributed by atoms with E-state index in [0.29, 0.717) is 17.2 Å². The third-order valence-corrected chi connectivity index (χ3v) is 3.29. The second-order valence-corrected chi connectivity index (χ2v) is 4.88. The van der Waals surface area contributed by atoms with Gasteiger partial charge in [0.1, 0.15) is 17.1 Å². The van der Waals surface area contributed by atoms with Crippen molar-refractivity contribution < 1.29 is 19.2 Å². The number of carbonyl (C=O) groups is 1. The minimum absolute atomic E-state index is 0.0997. The van der Waals surface area contributed by atoms with Crippen molar-refractivity contribution >= 4 is 28.9 Å². The van der Waals surface area contributed by atoms with Crippen LogP contribution in [-0.4, -0.2) is 25.1 Å². The predicted octanol–water partition coefficient (Wildman–Crippen LogP) is 3.52. The van der Waals surface area contributed by atoms with Crippen molar-refractivity contribution in [2.45, 2.75) is 0 Å². The summed E-state index contributed by atoms with van der Waals surface area (Å²) in [4.78, 5) is 22.7. The summed E-state index contributed by atoms with van der Waals surface area (Å²) in [5.41, 5.74) is -0.109. The highest BCUT2D eigenvalue weighted by Gasteiger charge is 2.21. The van der Waals surface area contributed by atoms with E-state index in [0.717, 1.165) is 6.07 Å². The summed E-state index contributed by atoms with van der Waals surface area (Å²) in [7, 11) is 2.94. The van der Waals surface area contributed by atoms with E-state index >= 15 is 0 Å². The van der Waals surface area contributed by atoms with Gasteiger partial charge < -0.3 is 14.8 Å². The van der Waals surface area contributed by atoms with Crippen LogP contribution in [0.5, 0.6) is 11.5 Å². The summed E-state index contributed by atoms with van der Waals surface area (Å²) in [6.45, 7) is 0. The Morgan fingerprint density at radius 3 is 2.52 bits per heavy atom. The number of nitro benzene ring substituents is 1. The molecule has 0 spiro atoms. The lowest BCUT2D eigenvalue weighted by Gasteiger charge is -2.11. The van der Waals surface area contributed by atoms with Crippen molar-refractivity contribution in [1.29, 1.82) is 0 Å². The summed E-state index contributed by atoms with van der Waals surface area (Å²) in [5.74, 6) is 0.281. The molecule has 0 aliphatic heterocycles. The number of carbonyl (C=O) groups excluding carboxylic acids is 1. The molecule has 0 radical (unpaired) electrons. The van der Waals surface area contributed by atoms with Gasteiger partial charge in [-0.05, 0) is 24.3 Å². The largest absolute Gasteiger partial charge is 0.497 e. The van der Waals surface area contributed by atoms with E-state index in [4.69, 9.17) is 21.1 Å². The highest BCUT2D eigenvalue weighted by atomic mass is 35.5. The Labute approximate surface area is 136 Å². The first-order valence-corrected chi connectivity index (χ1v) is 6.81. The molecular weight excluding hydrogens is 324 g/mol. The normalized spacial score (nSPS) is 10.0. The van der Waals surface area contributed by atoms with E-state index in [2.05, 4.69) is 5.32 Å². The molecule has 0 unspecified atom stereocenters. The SMILES string of the molecule is COc1ccc(NC(=O)c2ccc(Cl)cc2[N+](=O)[O-])c(OC)c1. The Morgan fingerprint density at radius 1 is 1.17 bits per heavy atom. The molecule has 0 aromatic heterocycles. The zero-order chi connectivity index (χ0) is 17.0. The fraction of sp³-hybridized carbons (Fsp3) is 0.133. The van der Waals surface area contributed by atoms with Crippen LogP contribution >= 0.6 is 11.6 Å². The van der Waals surface area contributed by atoms with Gasteiger partial charge >= 0.3 is 0 Å². The number of ether oxygens (including phenoxy) is 2. The second-order valence-electron chi connectivity index (χ2n) is 4.44. The van der Waals surface area contributed by atoms with Gasteiger partial charge in [-0.1, -0.05) is 11.6 Å². The predicted molar refractivity (Wildman–Crippen MR) is 85.6 cm³/mol. The van der Waals surface area contributed by atoms with Crippen molar-refractivity contribution in [2.75, 3.05) is 19.5 Å². The Bertz CT molecular complexity index is 764. The van der Waals surface area contributed by atoms with E-state index in [9.17, 15) is 14.9 Å². The van der Waals surface area contributed by atoms with Crippen LogP contribution in [0, 0.1) is 10.1 Å². The van der Waals surface area contributed by atoms with E-state index in [-0.39, 0.29) is 16.3 Å². The lowest BCUT2D eigenvalue weighted by molar-refractivity contribution is -0.385. The topological polar surface area (TPSA) is 90.7 Å². The number of nitro groups is 1. The van der Waals surface area contributed by atoms with Crippen LogP contribution in [0.15, 0.2) is 36.4 Å². The maximum atomic E-state index is 12.3. The highest BCUT2D eigenvalue weighted by molar-refractivity contribution is 6.31. The number of benzene rings is 2. The molecule has 0 aliphatic carbocycles. The molecule has 23 heavy (non-hydrogen) atoms. The molecule has 0 heterocycles. The van der Waals surface area contributed by atoms with Gasteiger partial charge in [0.05, 0.1) is 24.8 Å². The molecule has 0 saturated heterocycles. The van der Waals surface area contributed by atoms with E-state index in [1.54, 1.807) is 18.2 Å². The highest BCUT2D eigenvalue weighted by Crippen LogP contribution is 2.30. The van der Waals surface area contributed by atoms with Gasteiger partial charge in [-0.3, -0.25) is 14.9 Å². The number of nitrogens with one attached hydrogen (secondary N) is 1. The van der Waals surface area contributed by atoms with E-state index in [1.165, 1.54) is 26.4 Å². The van der Waals surface area contributed by atoms with Crippen molar-refractivity contribution in [3.05, 3.63) is 57.1 Å². The van der Waals surface area contributed by atoms with Gasteiger partial charge in [0.2, 0.25) is 0 Å². The molecule has 7 nitrogen and oxygen atoms in total. The molecule has 1 amide bonds. The van der Waals surface area contributed by atoms with Crippen LogP contribution in [0.4, 0.5) is 11.4 Å². The molecule has 0 bridgehead atoms. The van der Waals surface area contributed by atoms with Crippen LogP contribution in [0.3, 0.4) is 0 Å². The summed E-state index contributed by atoms with van der Waals surface area (Å²) in [5, 5.41) is 13.8. The fourth-order valence-electron chi connectivity index (χ4n) is 1.94. The molecule has 0 aliphatic rings. The van der Waals surface area contributed by atoms with Gasteiger partial charge in [0.15, 0.2) is 0 Å². The third-order valence-electron chi connectivity index (χ3n) is 3.06. The van der Waals surface area contributed by atoms with Gasteiger partial charge in [0.25, 0.3) is 11.6 Å². The van der Waals surface area contributed by atoms with Crippen LogP contribution in [-0.2, 0) is 0 Å². The van der Waals surface area contributed by atoms with E-state index in [1.807, 2.05) is 0 Å². The number of hydrogen-bond donors (Lipinski definition) is 1. The Kier molecular flexibility index (Phi) is 5.02. The average Bonchev–Trinajstić information content (AvgIpc) is 2.54. The van der Waals surface area contributed by atoms with Crippen LogP contribution in [0.25, 0.3) is 0 Å². The Hall–Kier alpha value is -2.80. The maximum absolute atomic E-state index is 12.3. The molecule has 0 fully saturated rings. The first-order valence-electron chi connectivity index (χ1n) is 6.43. The fourth-order valence-corrected chi connectivity index (χ4v) is 2.11. The number of amides is 1. The molecule has 2 aromatic carbocycles. The van der Waals surface area contributed by atoms with E-state index < -0.39 is 10.8 Å². The third kappa shape index (κ3) is 3.70. The zero-order valence-corrected chi connectivity index (χ0v) is 13.1. The number of hydrogen-bond acceptors (Lipinski definition) is 5.